The molecule has 3 rings (SSSR count). The summed E-state index contributed by atoms with van der Waals surface area (Å²) in [4.78, 5) is 0. The molecule has 0 aliphatic rings. The van der Waals surface area contributed by atoms with Crippen molar-refractivity contribution in [3.63, 3.8) is 0 Å². The van der Waals surface area contributed by atoms with E-state index in [0.717, 1.165) is 22.6 Å². The second-order valence-corrected chi connectivity index (χ2v) is 7.57. The topological polar surface area (TPSA) is 101 Å². The van der Waals surface area contributed by atoms with Crippen LogP contribution in [0.5, 0.6) is 5.75 Å². The highest BCUT2D eigenvalue weighted by atomic mass is 32.2. The summed E-state index contributed by atoms with van der Waals surface area (Å²) >= 11 is 0. The van der Waals surface area contributed by atoms with Crippen LogP contribution in [-0.2, 0) is 15.9 Å². The van der Waals surface area contributed by atoms with Crippen LogP contribution in [-0.4, -0.2) is 24.8 Å². The quantitative estimate of drug-likeness (QED) is 0.417. The second-order valence-electron chi connectivity index (χ2n) is 6.16. The Kier molecular flexibility index (Phi) is 6.59. The predicted molar refractivity (Wildman–Crippen MR) is 102 cm³/mol. The Morgan fingerprint density at radius 3 is 2.15 bits per heavy atom. The molecule has 144 valence electrons. The summed E-state index contributed by atoms with van der Waals surface area (Å²) < 4.78 is 39.9. The fourth-order valence-corrected chi connectivity index (χ4v) is 3.21. The van der Waals surface area contributed by atoms with Crippen molar-refractivity contribution in [2.45, 2.75) is 19.6 Å². The second kappa shape index (κ2) is 8.70. The van der Waals surface area contributed by atoms with E-state index in [1.165, 1.54) is 4.68 Å². The van der Waals surface area contributed by atoms with Crippen molar-refractivity contribution in [2.75, 3.05) is 13.0 Å². The van der Waals surface area contributed by atoms with E-state index < -0.39 is 15.9 Å². The third-order valence-electron chi connectivity index (χ3n) is 3.65. The van der Waals surface area contributed by atoms with Gasteiger partial charge in [-0.05, 0) is 43.7 Å². The van der Waals surface area contributed by atoms with Crippen molar-refractivity contribution in [2.24, 2.45) is 0 Å². The van der Waals surface area contributed by atoms with Crippen molar-refractivity contribution in [1.29, 1.82) is 0 Å². The summed E-state index contributed by atoms with van der Waals surface area (Å²) in [7, 11) is -2.51. The Bertz CT molecular complexity index is 976. The monoisotopic (exact) mass is 389 g/mol. The molecule has 0 aliphatic carbocycles. The maximum Gasteiger partial charge on any atom is 0.272 e. The van der Waals surface area contributed by atoms with Gasteiger partial charge in [-0.2, -0.15) is 0 Å². The summed E-state index contributed by atoms with van der Waals surface area (Å²) in [5, 5.41) is 0. The zero-order chi connectivity index (χ0) is 20.0. The van der Waals surface area contributed by atoms with Crippen LogP contribution in [0.2, 0.25) is 0 Å². The van der Waals surface area contributed by atoms with Crippen LogP contribution < -0.4 is 15.1 Å². The zero-order valence-corrected chi connectivity index (χ0v) is 16.3. The predicted octanol–water partition coefficient (Wildman–Crippen LogP) is 1.84. The van der Waals surface area contributed by atoms with Crippen LogP contribution in [0.4, 0.5) is 0 Å². The molecular weight excluding hydrogens is 366 g/mol. The van der Waals surface area contributed by atoms with Crippen molar-refractivity contribution >= 4 is 10.1 Å². The molecule has 27 heavy (non-hydrogen) atoms. The number of benzene rings is 2. The van der Waals surface area contributed by atoms with E-state index in [2.05, 4.69) is 0 Å². The van der Waals surface area contributed by atoms with Crippen LogP contribution in [0.1, 0.15) is 16.7 Å². The van der Waals surface area contributed by atoms with Crippen LogP contribution in [0.15, 0.2) is 61.2 Å². The Morgan fingerprint density at radius 2 is 1.70 bits per heavy atom. The van der Waals surface area contributed by atoms with Crippen molar-refractivity contribution in [1.82, 2.24) is 4.68 Å². The number of nitrogens with zero attached hydrogens (tertiary/aromatic N) is 2. The number of nitrogen functional groups attached to an aromatic ring is 1. The summed E-state index contributed by atoms with van der Waals surface area (Å²) in [5.41, 5.74) is 3.56. The molecule has 2 N–H and O–H groups in total. The summed E-state index contributed by atoms with van der Waals surface area (Å²) in [6, 6.07) is 13.1. The van der Waals surface area contributed by atoms with Gasteiger partial charge in [-0.1, -0.05) is 29.3 Å². The van der Waals surface area contributed by atoms with E-state index in [4.69, 9.17) is 10.6 Å². The van der Waals surface area contributed by atoms with Gasteiger partial charge in [0.2, 0.25) is 0 Å². The molecule has 0 spiro atoms. The molecule has 0 saturated carbocycles. The van der Waals surface area contributed by atoms with E-state index in [-0.39, 0.29) is 0 Å². The molecule has 1 heterocycles. The van der Waals surface area contributed by atoms with E-state index in [1.807, 2.05) is 54.9 Å². The summed E-state index contributed by atoms with van der Waals surface area (Å²) in [6.45, 7) is 3.74. The fourth-order valence-electron chi connectivity index (χ4n) is 2.63. The number of nitrogens with two attached hydrogens (primary N) is 1. The minimum atomic E-state index is -4.16. The highest BCUT2D eigenvalue weighted by Crippen LogP contribution is 2.11. The molecule has 0 atom stereocenters. The maximum absolute atomic E-state index is 10.5. The lowest BCUT2D eigenvalue weighted by Crippen LogP contribution is -2.28. The highest BCUT2D eigenvalue weighted by molar-refractivity contribution is 7.84. The number of hydrogen-bond acceptors (Lipinski definition) is 5. The first-order chi connectivity index (χ1) is 12.7. The molecule has 3 aromatic rings. The molecule has 0 saturated heterocycles. The van der Waals surface area contributed by atoms with E-state index in [1.54, 1.807) is 31.8 Å². The lowest BCUT2D eigenvalue weighted by molar-refractivity contribution is -0.595. The van der Waals surface area contributed by atoms with Crippen LogP contribution >= 0.6 is 0 Å². The Labute approximate surface area is 159 Å². The third-order valence-corrected chi connectivity index (χ3v) is 4.34. The first kappa shape index (κ1) is 20.5. The van der Waals surface area contributed by atoms with E-state index >= 15 is 0 Å². The van der Waals surface area contributed by atoms with Gasteiger partial charge in [0.1, 0.15) is 17.6 Å². The van der Waals surface area contributed by atoms with E-state index in [0.29, 0.717) is 5.56 Å². The number of rotatable bonds is 4. The molecule has 0 aliphatic heterocycles. The third kappa shape index (κ3) is 6.76. The molecular formula is C19H23N3O4S. The van der Waals surface area contributed by atoms with Crippen LogP contribution in [0.25, 0.3) is 5.69 Å². The lowest BCUT2D eigenvalue weighted by atomic mass is 10.1. The van der Waals surface area contributed by atoms with Gasteiger partial charge in [0.25, 0.3) is 6.33 Å². The fraction of sp³-hybridized carbons (Fsp3) is 0.211. The first-order valence-electron chi connectivity index (χ1n) is 8.16. The van der Waals surface area contributed by atoms with Crippen LogP contribution in [0, 0.1) is 13.8 Å². The number of methoxy groups -OCH3 is 1. The number of hydrogen-bond donors (Lipinski definition) is 1. The SMILES string of the molecule is COc1ccc(-[n+]2ccn(N)c2)cc1.Cc1cc(C)cc(CS(=O)(=O)[O-])c1. The Hall–Kier alpha value is -2.84. The van der Waals surface area contributed by atoms with Gasteiger partial charge < -0.3 is 9.29 Å². The summed E-state index contributed by atoms with van der Waals surface area (Å²) in [5.74, 6) is 5.97. The molecule has 0 amide bonds. The molecule has 0 fully saturated rings. The molecule has 8 heteroatoms. The maximum atomic E-state index is 10.5. The van der Waals surface area contributed by atoms with Gasteiger partial charge in [0.15, 0.2) is 6.20 Å². The standard InChI is InChI=1S/C10H12N3O.C9H12O3S/c1-14-10-4-2-9(3-5-10)12-6-7-13(11)8-12;1-7-3-8(2)5-9(4-7)6-13(10,11)12/h2-8H,11H2,1H3;3-5H,6H2,1-2H3,(H,10,11,12)/q+1;/p-1. The number of aromatic nitrogens is 2. The molecule has 0 unspecified atom stereocenters. The lowest BCUT2D eigenvalue weighted by Gasteiger charge is -2.08. The number of aryl methyl sites for hydroxylation is 2. The van der Waals surface area contributed by atoms with Gasteiger partial charge in [0.05, 0.1) is 23.0 Å². The molecule has 7 nitrogen and oxygen atoms in total. The number of imidazole rings is 1. The molecule has 0 radical (unpaired) electrons. The van der Waals surface area contributed by atoms with Crippen molar-refractivity contribution in [3.8, 4) is 11.4 Å². The molecule has 2 aromatic carbocycles. The van der Waals surface area contributed by atoms with Gasteiger partial charge in [0, 0.05) is 0 Å². The molecule has 0 bridgehead atoms. The Morgan fingerprint density at radius 1 is 1.11 bits per heavy atom. The highest BCUT2D eigenvalue weighted by Gasteiger charge is 2.04. The minimum absolute atomic E-state index is 0.421. The van der Waals surface area contributed by atoms with Crippen LogP contribution in [0.3, 0.4) is 0 Å². The average molecular weight is 389 g/mol. The van der Waals surface area contributed by atoms with Crippen molar-refractivity contribution in [3.05, 3.63) is 77.9 Å². The van der Waals surface area contributed by atoms with Gasteiger partial charge >= 0.3 is 0 Å². The van der Waals surface area contributed by atoms with Gasteiger partial charge in [-0.3, -0.25) is 5.84 Å². The normalized spacial score (nSPS) is 10.8. The van der Waals surface area contributed by atoms with E-state index in [9.17, 15) is 13.0 Å². The smallest absolute Gasteiger partial charge is 0.272 e. The summed E-state index contributed by atoms with van der Waals surface area (Å²) in [6.07, 6.45) is 5.47. The zero-order valence-electron chi connectivity index (χ0n) is 15.5. The number of ether oxygens (including phenoxy) is 1. The first-order valence-corrected chi connectivity index (χ1v) is 9.73. The van der Waals surface area contributed by atoms with Crippen molar-refractivity contribution < 1.29 is 22.3 Å². The Balaban J connectivity index is 0.000000194. The van der Waals surface area contributed by atoms with Gasteiger partial charge in [-0.25, -0.2) is 13.0 Å². The molecule has 1 aromatic heterocycles. The average Bonchev–Trinajstić information content (AvgIpc) is 2.99. The van der Waals surface area contributed by atoms with Gasteiger partial charge in [-0.15, -0.1) is 4.68 Å². The minimum Gasteiger partial charge on any atom is -0.748 e. The largest absolute Gasteiger partial charge is 0.748 e.